The van der Waals surface area contributed by atoms with Crippen LogP contribution in [0.25, 0.3) is 0 Å². The van der Waals surface area contributed by atoms with Crippen molar-refractivity contribution in [1.29, 1.82) is 0 Å². The standard InChI is InChI=1S/C13H14IN3/c1-2-5-10-6-3-4-7-12(10)17-13-11(14)8-15-9-16-13/h3-4,6-9H,2,5H2,1H3,(H,15,16,17). The lowest BCUT2D eigenvalue weighted by Crippen LogP contribution is -2.00. The number of anilines is 2. The van der Waals surface area contributed by atoms with E-state index in [9.17, 15) is 0 Å². The molecule has 17 heavy (non-hydrogen) atoms. The first-order valence-electron chi connectivity index (χ1n) is 5.61. The van der Waals surface area contributed by atoms with Gasteiger partial charge in [0.1, 0.15) is 12.1 Å². The van der Waals surface area contributed by atoms with Crippen LogP contribution in [0.15, 0.2) is 36.8 Å². The molecule has 2 rings (SSSR count). The maximum absolute atomic E-state index is 4.25. The number of rotatable bonds is 4. The molecule has 1 heterocycles. The number of nitrogens with one attached hydrogen (secondary N) is 1. The van der Waals surface area contributed by atoms with E-state index in [1.54, 1.807) is 12.5 Å². The van der Waals surface area contributed by atoms with Gasteiger partial charge in [0.25, 0.3) is 0 Å². The summed E-state index contributed by atoms with van der Waals surface area (Å²) in [5, 5.41) is 3.37. The molecule has 0 saturated carbocycles. The Labute approximate surface area is 115 Å². The summed E-state index contributed by atoms with van der Waals surface area (Å²) in [6, 6.07) is 8.35. The Hall–Kier alpha value is -1.17. The maximum atomic E-state index is 4.25. The van der Waals surface area contributed by atoms with E-state index in [1.807, 2.05) is 6.07 Å². The number of halogens is 1. The average Bonchev–Trinajstić information content (AvgIpc) is 2.35. The number of hydrogen-bond donors (Lipinski definition) is 1. The molecular weight excluding hydrogens is 325 g/mol. The lowest BCUT2D eigenvalue weighted by Gasteiger charge is -2.11. The molecule has 0 aliphatic rings. The summed E-state index contributed by atoms with van der Waals surface area (Å²) in [6.07, 6.45) is 5.58. The Balaban J connectivity index is 2.27. The Kier molecular flexibility index (Phi) is 4.30. The predicted octanol–water partition coefficient (Wildman–Crippen LogP) is 3.78. The summed E-state index contributed by atoms with van der Waals surface area (Å²) in [5.74, 6) is 0.865. The second-order valence-corrected chi connectivity index (χ2v) is 4.91. The highest BCUT2D eigenvalue weighted by Crippen LogP contribution is 2.23. The fraction of sp³-hybridized carbons (Fsp3) is 0.231. The van der Waals surface area contributed by atoms with Crippen molar-refractivity contribution in [3.8, 4) is 0 Å². The molecule has 0 saturated heterocycles. The molecule has 2 aromatic rings. The third-order valence-corrected chi connectivity index (χ3v) is 3.25. The molecule has 1 aromatic carbocycles. The Morgan fingerprint density at radius 2 is 2.12 bits per heavy atom. The number of hydrogen-bond acceptors (Lipinski definition) is 3. The topological polar surface area (TPSA) is 37.8 Å². The number of nitrogens with zero attached hydrogens (tertiary/aromatic N) is 2. The second kappa shape index (κ2) is 5.95. The summed E-state index contributed by atoms with van der Waals surface area (Å²) in [5.41, 5.74) is 2.45. The first kappa shape index (κ1) is 12.3. The highest BCUT2D eigenvalue weighted by atomic mass is 127. The van der Waals surface area contributed by atoms with Crippen LogP contribution in [0.5, 0.6) is 0 Å². The third-order valence-electron chi connectivity index (χ3n) is 2.46. The lowest BCUT2D eigenvalue weighted by atomic mass is 10.1. The molecule has 0 spiro atoms. The lowest BCUT2D eigenvalue weighted by molar-refractivity contribution is 0.923. The van der Waals surface area contributed by atoms with Crippen molar-refractivity contribution in [2.24, 2.45) is 0 Å². The van der Waals surface area contributed by atoms with Gasteiger partial charge in [-0.3, -0.25) is 0 Å². The zero-order chi connectivity index (χ0) is 12.1. The van der Waals surface area contributed by atoms with Crippen LogP contribution in [0.2, 0.25) is 0 Å². The van der Waals surface area contributed by atoms with E-state index in [2.05, 4.69) is 63.0 Å². The first-order chi connectivity index (χ1) is 8.31. The molecule has 1 N–H and O–H groups in total. The highest BCUT2D eigenvalue weighted by molar-refractivity contribution is 14.1. The molecule has 0 aliphatic heterocycles. The van der Waals surface area contributed by atoms with Crippen LogP contribution in [0.1, 0.15) is 18.9 Å². The summed E-state index contributed by atoms with van der Waals surface area (Å²) < 4.78 is 1.02. The minimum absolute atomic E-state index is 0.865. The largest absolute Gasteiger partial charge is 0.339 e. The van der Waals surface area contributed by atoms with Crippen molar-refractivity contribution in [2.75, 3.05) is 5.32 Å². The van der Waals surface area contributed by atoms with Crippen molar-refractivity contribution < 1.29 is 0 Å². The SMILES string of the molecule is CCCc1ccccc1Nc1ncncc1I. The summed E-state index contributed by atoms with van der Waals surface area (Å²) >= 11 is 2.23. The first-order valence-corrected chi connectivity index (χ1v) is 6.69. The van der Waals surface area contributed by atoms with Gasteiger partial charge in [-0.1, -0.05) is 31.5 Å². The van der Waals surface area contributed by atoms with E-state index in [0.29, 0.717) is 0 Å². The van der Waals surface area contributed by atoms with Crippen molar-refractivity contribution in [1.82, 2.24) is 9.97 Å². The monoisotopic (exact) mass is 339 g/mol. The van der Waals surface area contributed by atoms with Gasteiger partial charge in [-0.25, -0.2) is 9.97 Å². The van der Waals surface area contributed by atoms with Crippen LogP contribution in [0.4, 0.5) is 11.5 Å². The Morgan fingerprint density at radius 1 is 1.29 bits per heavy atom. The second-order valence-electron chi connectivity index (χ2n) is 3.75. The summed E-state index contributed by atoms with van der Waals surface area (Å²) in [6.45, 7) is 2.19. The number of benzene rings is 1. The quantitative estimate of drug-likeness (QED) is 0.862. The molecule has 88 valence electrons. The van der Waals surface area contributed by atoms with Crippen LogP contribution >= 0.6 is 22.6 Å². The van der Waals surface area contributed by atoms with Crippen molar-refractivity contribution >= 4 is 34.1 Å². The minimum Gasteiger partial charge on any atom is -0.339 e. The molecule has 4 heteroatoms. The van der Waals surface area contributed by atoms with Crippen molar-refractivity contribution in [3.05, 3.63) is 45.9 Å². The normalized spacial score (nSPS) is 10.2. The van der Waals surface area contributed by atoms with E-state index in [4.69, 9.17) is 0 Å². The number of aromatic nitrogens is 2. The fourth-order valence-corrected chi connectivity index (χ4v) is 2.10. The molecule has 0 unspecified atom stereocenters. The van der Waals surface area contributed by atoms with Crippen LogP contribution in [0, 0.1) is 3.57 Å². The molecule has 0 bridgehead atoms. The molecule has 0 fully saturated rings. The van der Waals surface area contributed by atoms with Crippen molar-refractivity contribution in [3.63, 3.8) is 0 Å². The smallest absolute Gasteiger partial charge is 0.147 e. The predicted molar refractivity (Wildman–Crippen MR) is 78.5 cm³/mol. The van der Waals surface area contributed by atoms with Gasteiger partial charge in [-0.15, -0.1) is 0 Å². The van der Waals surface area contributed by atoms with E-state index in [-0.39, 0.29) is 0 Å². The molecule has 0 atom stereocenters. The van der Waals surface area contributed by atoms with Gasteiger partial charge in [0.2, 0.25) is 0 Å². The Morgan fingerprint density at radius 3 is 2.88 bits per heavy atom. The summed E-state index contributed by atoms with van der Waals surface area (Å²) in [7, 11) is 0. The summed E-state index contributed by atoms with van der Waals surface area (Å²) in [4.78, 5) is 8.23. The minimum atomic E-state index is 0.865. The van der Waals surface area contributed by atoms with Crippen LogP contribution in [-0.2, 0) is 6.42 Å². The van der Waals surface area contributed by atoms with Gasteiger partial charge in [0.15, 0.2) is 0 Å². The van der Waals surface area contributed by atoms with Gasteiger partial charge in [0, 0.05) is 11.9 Å². The van der Waals surface area contributed by atoms with Gasteiger partial charge in [-0.05, 0) is 40.6 Å². The third kappa shape index (κ3) is 3.15. The van der Waals surface area contributed by atoms with Crippen molar-refractivity contribution in [2.45, 2.75) is 19.8 Å². The molecule has 0 aliphatic carbocycles. The Bertz CT molecular complexity index is 500. The van der Waals surface area contributed by atoms with Gasteiger partial charge < -0.3 is 5.32 Å². The maximum Gasteiger partial charge on any atom is 0.147 e. The van der Waals surface area contributed by atoms with Gasteiger partial charge in [-0.2, -0.15) is 0 Å². The van der Waals surface area contributed by atoms with Gasteiger partial charge in [0.05, 0.1) is 3.57 Å². The highest BCUT2D eigenvalue weighted by Gasteiger charge is 2.04. The van der Waals surface area contributed by atoms with E-state index in [0.717, 1.165) is 27.9 Å². The average molecular weight is 339 g/mol. The fourth-order valence-electron chi connectivity index (χ4n) is 1.66. The molecule has 1 aromatic heterocycles. The molecule has 3 nitrogen and oxygen atoms in total. The van der Waals surface area contributed by atoms with E-state index >= 15 is 0 Å². The van der Waals surface area contributed by atoms with Crippen LogP contribution < -0.4 is 5.32 Å². The van der Waals surface area contributed by atoms with Crippen LogP contribution in [-0.4, -0.2) is 9.97 Å². The molecular formula is C13H14IN3. The molecule has 0 amide bonds. The van der Waals surface area contributed by atoms with E-state index in [1.165, 1.54) is 5.56 Å². The van der Waals surface area contributed by atoms with E-state index < -0.39 is 0 Å². The van der Waals surface area contributed by atoms with Gasteiger partial charge >= 0.3 is 0 Å². The van der Waals surface area contributed by atoms with Crippen LogP contribution in [0.3, 0.4) is 0 Å². The molecule has 0 radical (unpaired) electrons. The number of para-hydroxylation sites is 1. The zero-order valence-corrected chi connectivity index (χ0v) is 11.8. The zero-order valence-electron chi connectivity index (χ0n) is 9.65. The number of aryl methyl sites for hydroxylation is 1.